The largest absolute Gasteiger partial charge is 0.489 e. The van der Waals surface area contributed by atoms with Gasteiger partial charge in [-0.2, -0.15) is 0 Å². The van der Waals surface area contributed by atoms with Gasteiger partial charge in [-0.3, -0.25) is 0 Å². The highest BCUT2D eigenvalue weighted by Crippen LogP contribution is 2.44. The molecule has 0 saturated heterocycles. The zero-order chi connectivity index (χ0) is 22.1. The van der Waals surface area contributed by atoms with Gasteiger partial charge in [-0.25, -0.2) is 4.79 Å². The molecule has 2 heterocycles. The van der Waals surface area contributed by atoms with Gasteiger partial charge in [0, 0.05) is 12.6 Å². The lowest BCUT2D eigenvalue weighted by atomic mass is 10.0. The molecule has 0 unspecified atom stereocenters. The number of hydrogen-bond donors (Lipinski definition) is 1. The molecule has 3 aromatic carbocycles. The molecule has 5 heteroatoms. The number of rotatable bonds is 6. The van der Waals surface area contributed by atoms with Gasteiger partial charge in [0.25, 0.3) is 0 Å². The Bertz CT molecular complexity index is 1380. The van der Waals surface area contributed by atoms with Crippen molar-refractivity contribution in [3.63, 3.8) is 0 Å². The molecule has 32 heavy (non-hydrogen) atoms. The van der Waals surface area contributed by atoms with Gasteiger partial charge >= 0.3 is 5.97 Å². The Kier molecular flexibility index (Phi) is 5.25. The fourth-order valence-corrected chi connectivity index (χ4v) is 5.07. The van der Waals surface area contributed by atoms with Gasteiger partial charge in [0.05, 0.1) is 15.9 Å². The Hall–Kier alpha value is -3.83. The topological polar surface area (TPSA) is 51.5 Å². The quantitative estimate of drug-likeness (QED) is 0.315. The van der Waals surface area contributed by atoms with Crippen LogP contribution in [0.3, 0.4) is 0 Å². The monoisotopic (exact) mass is 439 g/mol. The van der Waals surface area contributed by atoms with Crippen LogP contribution < -0.4 is 4.74 Å². The Morgan fingerprint density at radius 3 is 2.22 bits per heavy atom. The molecule has 5 aromatic rings. The van der Waals surface area contributed by atoms with E-state index in [1.54, 1.807) is 6.07 Å². The molecule has 0 fully saturated rings. The lowest BCUT2D eigenvalue weighted by molar-refractivity contribution is 0.0702. The molecule has 0 aliphatic heterocycles. The van der Waals surface area contributed by atoms with Crippen molar-refractivity contribution in [2.45, 2.75) is 6.61 Å². The molecule has 1 N–H and O–H groups in total. The van der Waals surface area contributed by atoms with Gasteiger partial charge in [-0.05, 0) is 47.0 Å². The standard InChI is InChI=1S/C27H21NO3S/c1-28-22-16-23(27(29)30)32-26(22)24(19-10-6-3-7-11-19)25(28)20-12-14-21(15-13-20)31-17-18-8-4-2-5-9-18/h2-16H,17H2,1H3,(H,29,30). The summed E-state index contributed by atoms with van der Waals surface area (Å²) in [4.78, 5) is 11.9. The second kappa shape index (κ2) is 8.36. The molecule has 0 amide bonds. The van der Waals surface area contributed by atoms with E-state index in [4.69, 9.17) is 4.74 Å². The predicted molar refractivity (Wildman–Crippen MR) is 129 cm³/mol. The minimum absolute atomic E-state index is 0.346. The molecule has 5 rings (SSSR count). The van der Waals surface area contributed by atoms with Crippen LogP contribution in [-0.2, 0) is 13.7 Å². The summed E-state index contributed by atoms with van der Waals surface area (Å²) in [6, 6.07) is 30.1. The highest BCUT2D eigenvalue weighted by atomic mass is 32.1. The van der Waals surface area contributed by atoms with E-state index in [0.29, 0.717) is 11.5 Å². The summed E-state index contributed by atoms with van der Waals surface area (Å²) in [5.74, 6) is -0.0882. The minimum Gasteiger partial charge on any atom is -0.489 e. The molecule has 0 atom stereocenters. The summed E-state index contributed by atoms with van der Waals surface area (Å²) in [6.45, 7) is 0.521. The number of ether oxygens (including phenoxy) is 1. The summed E-state index contributed by atoms with van der Waals surface area (Å²) in [6.07, 6.45) is 0. The van der Waals surface area contributed by atoms with Gasteiger partial charge in [-0.15, -0.1) is 11.3 Å². The third-order valence-corrected chi connectivity index (χ3v) is 6.65. The summed E-state index contributed by atoms with van der Waals surface area (Å²) >= 11 is 1.32. The normalized spacial score (nSPS) is 11.0. The number of carbonyl (C=O) groups is 1. The van der Waals surface area contributed by atoms with Crippen LogP contribution in [0.15, 0.2) is 91.0 Å². The number of aromatic nitrogens is 1. The Morgan fingerprint density at radius 2 is 1.56 bits per heavy atom. The van der Waals surface area contributed by atoms with E-state index >= 15 is 0 Å². The molecule has 2 aromatic heterocycles. The number of carboxylic acids is 1. The van der Waals surface area contributed by atoms with E-state index < -0.39 is 5.97 Å². The second-order valence-corrected chi connectivity index (χ2v) is 8.63. The maximum Gasteiger partial charge on any atom is 0.345 e. The maximum atomic E-state index is 11.6. The molecular weight excluding hydrogens is 418 g/mol. The fourth-order valence-electron chi connectivity index (χ4n) is 3.97. The van der Waals surface area contributed by atoms with E-state index in [1.165, 1.54) is 11.3 Å². The van der Waals surface area contributed by atoms with E-state index in [0.717, 1.165) is 43.9 Å². The Balaban J connectivity index is 1.55. The number of aromatic carboxylic acids is 1. The van der Waals surface area contributed by atoms with E-state index in [9.17, 15) is 9.90 Å². The SMILES string of the molecule is Cn1c(-c2ccc(OCc3ccccc3)cc2)c(-c2ccccc2)c2sc(C(=O)O)cc21. The summed E-state index contributed by atoms with van der Waals surface area (Å²) in [5, 5.41) is 9.49. The zero-order valence-corrected chi connectivity index (χ0v) is 18.3. The summed E-state index contributed by atoms with van der Waals surface area (Å²) < 4.78 is 9.01. The summed E-state index contributed by atoms with van der Waals surface area (Å²) in [5.41, 5.74) is 6.28. The number of benzene rings is 3. The second-order valence-electron chi connectivity index (χ2n) is 7.58. The smallest absolute Gasteiger partial charge is 0.345 e. The average molecular weight is 440 g/mol. The lowest BCUT2D eigenvalue weighted by Crippen LogP contribution is -1.96. The van der Waals surface area contributed by atoms with Crippen LogP contribution in [0.2, 0.25) is 0 Å². The fraction of sp³-hybridized carbons (Fsp3) is 0.0741. The third kappa shape index (κ3) is 3.67. The van der Waals surface area contributed by atoms with Crippen LogP contribution in [0, 0.1) is 0 Å². The molecule has 0 aliphatic carbocycles. The van der Waals surface area contributed by atoms with Gasteiger partial charge in [0.1, 0.15) is 17.2 Å². The van der Waals surface area contributed by atoms with Crippen LogP contribution in [0.4, 0.5) is 0 Å². The highest BCUT2D eigenvalue weighted by Gasteiger charge is 2.22. The van der Waals surface area contributed by atoms with Crippen molar-refractivity contribution in [1.29, 1.82) is 0 Å². The van der Waals surface area contributed by atoms with Crippen LogP contribution in [-0.4, -0.2) is 15.6 Å². The van der Waals surface area contributed by atoms with Crippen molar-refractivity contribution in [2.75, 3.05) is 0 Å². The summed E-state index contributed by atoms with van der Waals surface area (Å²) in [7, 11) is 1.99. The molecule has 158 valence electrons. The van der Waals surface area contributed by atoms with Gasteiger partial charge in [0.15, 0.2) is 0 Å². The first-order chi connectivity index (χ1) is 15.6. The van der Waals surface area contributed by atoms with Crippen molar-refractivity contribution in [3.8, 4) is 28.1 Å². The van der Waals surface area contributed by atoms with Gasteiger partial charge in [0.2, 0.25) is 0 Å². The molecule has 0 bridgehead atoms. The first-order valence-electron chi connectivity index (χ1n) is 10.3. The first-order valence-corrected chi connectivity index (χ1v) is 11.1. The molecular formula is C27H21NO3S. The van der Waals surface area contributed by atoms with Crippen molar-refractivity contribution in [1.82, 2.24) is 4.57 Å². The lowest BCUT2D eigenvalue weighted by Gasteiger charge is -2.11. The van der Waals surface area contributed by atoms with Gasteiger partial charge in [-0.1, -0.05) is 60.7 Å². The highest BCUT2D eigenvalue weighted by molar-refractivity contribution is 7.21. The molecule has 0 spiro atoms. The number of thiophene rings is 1. The minimum atomic E-state index is -0.897. The third-order valence-electron chi connectivity index (χ3n) is 5.52. The molecule has 4 nitrogen and oxygen atoms in total. The van der Waals surface area contributed by atoms with E-state index in [1.807, 2.05) is 67.7 Å². The van der Waals surface area contributed by atoms with E-state index in [2.05, 4.69) is 28.8 Å². The van der Waals surface area contributed by atoms with Crippen LogP contribution in [0.1, 0.15) is 15.2 Å². The molecule has 0 aliphatic rings. The van der Waals surface area contributed by atoms with Crippen LogP contribution in [0.25, 0.3) is 32.6 Å². The Morgan fingerprint density at radius 1 is 0.906 bits per heavy atom. The van der Waals surface area contributed by atoms with Gasteiger partial charge < -0.3 is 14.4 Å². The average Bonchev–Trinajstić information content (AvgIpc) is 3.38. The van der Waals surface area contributed by atoms with Crippen molar-refractivity contribution >= 4 is 27.5 Å². The number of aryl methyl sites for hydroxylation is 1. The van der Waals surface area contributed by atoms with Crippen LogP contribution in [0.5, 0.6) is 5.75 Å². The molecule has 0 saturated carbocycles. The number of nitrogens with zero attached hydrogens (tertiary/aromatic N) is 1. The molecule has 0 radical (unpaired) electrons. The van der Waals surface area contributed by atoms with E-state index in [-0.39, 0.29) is 0 Å². The maximum absolute atomic E-state index is 11.6. The van der Waals surface area contributed by atoms with Crippen LogP contribution >= 0.6 is 11.3 Å². The first kappa shape index (κ1) is 20.1. The van der Waals surface area contributed by atoms with Crippen molar-refractivity contribution < 1.29 is 14.6 Å². The number of carboxylic acid groups (broad SMARTS) is 1. The number of fused-ring (bicyclic) bond motifs is 1. The zero-order valence-electron chi connectivity index (χ0n) is 17.5. The number of hydrogen-bond acceptors (Lipinski definition) is 3. The predicted octanol–water partition coefficient (Wildman–Crippen LogP) is 6.85. The van der Waals surface area contributed by atoms with Crippen molar-refractivity contribution in [2.24, 2.45) is 7.05 Å². The Labute approximate surface area is 190 Å². The van der Waals surface area contributed by atoms with Crippen molar-refractivity contribution in [3.05, 3.63) is 101 Å².